The highest BCUT2D eigenvalue weighted by molar-refractivity contribution is 8.00. The number of carbonyl (C=O) groups excluding carboxylic acids is 2. The third-order valence-electron chi connectivity index (χ3n) is 4.62. The van der Waals surface area contributed by atoms with Gasteiger partial charge in [-0.1, -0.05) is 0 Å². The van der Waals surface area contributed by atoms with Crippen molar-refractivity contribution in [2.75, 3.05) is 12.4 Å². The van der Waals surface area contributed by atoms with Crippen molar-refractivity contribution in [2.45, 2.75) is 18.3 Å². The Hall–Kier alpha value is -3.27. The number of nitrogens with zero attached hydrogens (tertiary/aromatic N) is 1. The van der Waals surface area contributed by atoms with Crippen LogP contribution in [-0.2, 0) is 14.4 Å². The van der Waals surface area contributed by atoms with Crippen LogP contribution >= 0.6 is 11.8 Å². The Morgan fingerprint density at radius 1 is 1.31 bits per heavy atom. The highest BCUT2D eigenvalue weighted by atomic mass is 32.2. The number of ether oxygens (including phenoxy) is 1. The molecule has 1 fully saturated rings. The van der Waals surface area contributed by atoms with Crippen LogP contribution in [0, 0.1) is 0 Å². The number of hydrogen-bond acceptors (Lipinski definition) is 7. The molecule has 0 saturated carbocycles. The molecule has 2 aromatic rings. The normalized spacial score (nSPS) is 20.9. The van der Waals surface area contributed by atoms with Crippen molar-refractivity contribution in [3.8, 4) is 5.75 Å². The van der Waals surface area contributed by atoms with E-state index in [-0.39, 0.29) is 18.2 Å². The molecule has 2 aliphatic rings. The van der Waals surface area contributed by atoms with Gasteiger partial charge in [0.05, 0.1) is 0 Å². The predicted octanol–water partition coefficient (Wildman–Crippen LogP) is 0.930. The Labute approximate surface area is 168 Å². The Kier molecular flexibility index (Phi) is 4.79. The van der Waals surface area contributed by atoms with Crippen LogP contribution in [0.2, 0.25) is 0 Å². The quantitative estimate of drug-likeness (QED) is 0.545. The lowest BCUT2D eigenvalue weighted by atomic mass is 10.0. The van der Waals surface area contributed by atoms with Gasteiger partial charge in [0.1, 0.15) is 35.1 Å². The SMILES string of the molecule is CC(=O)NC1C(=O)N2C(C(=O)O)=C(COc3ccc4ccc(=O)oc4c3)CSC12. The van der Waals surface area contributed by atoms with Crippen LogP contribution in [0.1, 0.15) is 6.92 Å². The molecule has 1 aromatic carbocycles. The minimum absolute atomic E-state index is 0.0431. The van der Waals surface area contributed by atoms with Crippen LogP contribution in [0.15, 0.2) is 50.8 Å². The van der Waals surface area contributed by atoms with Gasteiger partial charge in [-0.25, -0.2) is 9.59 Å². The number of thioether (sulfide) groups is 1. The minimum Gasteiger partial charge on any atom is -0.489 e. The molecule has 0 spiro atoms. The highest BCUT2D eigenvalue weighted by Gasteiger charge is 2.54. The molecule has 4 rings (SSSR count). The molecular weight excluding hydrogens is 400 g/mol. The number of aliphatic carboxylic acids is 1. The van der Waals surface area contributed by atoms with Crippen molar-refractivity contribution in [2.24, 2.45) is 0 Å². The van der Waals surface area contributed by atoms with Crippen molar-refractivity contribution in [3.63, 3.8) is 0 Å². The van der Waals surface area contributed by atoms with E-state index in [1.54, 1.807) is 24.3 Å². The van der Waals surface area contributed by atoms with Crippen molar-refractivity contribution in [1.82, 2.24) is 10.2 Å². The van der Waals surface area contributed by atoms with Crippen molar-refractivity contribution < 1.29 is 28.6 Å². The van der Waals surface area contributed by atoms with Crippen LogP contribution in [0.3, 0.4) is 0 Å². The standard InChI is InChI=1S/C19H16N2O7S/c1-9(22)20-15-17(24)21-16(19(25)26)11(8-29-18(15)21)7-27-12-4-2-10-3-5-14(23)28-13(10)6-12/h2-6,15,18H,7-8H2,1H3,(H,20,22)(H,25,26). The van der Waals surface area contributed by atoms with Gasteiger partial charge >= 0.3 is 11.6 Å². The van der Waals surface area contributed by atoms with Gasteiger partial charge in [-0.2, -0.15) is 0 Å². The van der Waals surface area contributed by atoms with E-state index >= 15 is 0 Å². The van der Waals surface area contributed by atoms with Gasteiger partial charge in [-0.3, -0.25) is 14.5 Å². The van der Waals surface area contributed by atoms with E-state index in [4.69, 9.17) is 9.15 Å². The topological polar surface area (TPSA) is 126 Å². The van der Waals surface area contributed by atoms with Crippen LogP contribution in [0.4, 0.5) is 0 Å². The first-order chi connectivity index (χ1) is 13.8. The molecule has 2 atom stereocenters. The maximum atomic E-state index is 12.4. The molecule has 2 amide bonds. The fourth-order valence-electron chi connectivity index (χ4n) is 3.31. The molecule has 29 heavy (non-hydrogen) atoms. The number of carboxylic acids is 1. The van der Waals surface area contributed by atoms with Crippen LogP contribution in [0.5, 0.6) is 5.75 Å². The molecule has 1 aromatic heterocycles. The zero-order valence-corrected chi connectivity index (χ0v) is 16.0. The molecule has 10 heteroatoms. The minimum atomic E-state index is -1.23. The Morgan fingerprint density at radius 3 is 2.79 bits per heavy atom. The van der Waals surface area contributed by atoms with Gasteiger partial charge in [0.15, 0.2) is 0 Å². The average Bonchev–Trinajstić information content (AvgIpc) is 2.69. The molecule has 2 aliphatic heterocycles. The largest absolute Gasteiger partial charge is 0.489 e. The van der Waals surface area contributed by atoms with Crippen molar-refractivity contribution in [1.29, 1.82) is 0 Å². The number of benzene rings is 1. The molecule has 3 heterocycles. The number of carbonyl (C=O) groups is 3. The number of amides is 2. The summed E-state index contributed by atoms with van der Waals surface area (Å²) in [4.78, 5) is 48.0. The third-order valence-corrected chi connectivity index (χ3v) is 5.96. The monoisotopic (exact) mass is 416 g/mol. The van der Waals surface area contributed by atoms with Gasteiger partial charge in [-0.05, 0) is 18.2 Å². The highest BCUT2D eigenvalue weighted by Crippen LogP contribution is 2.40. The Bertz CT molecular complexity index is 1120. The Morgan fingerprint density at radius 2 is 2.07 bits per heavy atom. The summed E-state index contributed by atoms with van der Waals surface area (Å²) in [5.41, 5.74) is 0.206. The summed E-state index contributed by atoms with van der Waals surface area (Å²) in [5, 5.41) is 12.5. The number of fused-ring (bicyclic) bond motifs is 2. The zero-order valence-electron chi connectivity index (χ0n) is 15.2. The van der Waals surface area contributed by atoms with E-state index in [0.29, 0.717) is 22.7 Å². The van der Waals surface area contributed by atoms with Crippen LogP contribution < -0.4 is 15.7 Å². The molecular formula is C19H16N2O7S. The van der Waals surface area contributed by atoms with Gasteiger partial charge in [0.2, 0.25) is 5.91 Å². The number of carboxylic acid groups (broad SMARTS) is 1. The Balaban J connectivity index is 1.55. The molecule has 0 aliphatic carbocycles. The van der Waals surface area contributed by atoms with E-state index in [0.717, 1.165) is 5.39 Å². The van der Waals surface area contributed by atoms with Crippen molar-refractivity contribution >= 4 is 40.5 Å². The number of nitrogens with one attached hydrogen (secondary N) is 1. The summed E-state index contributed by atoms with van der Waals surface area (Å²) in [5.74, 6) is -1.29. The van der Waals surface area contributed by atoms with Gasteiger partial charge in [0, 0.05) is 35.8 Å². The summed E-state index contributed by atoms with van der Waals surface area (Å²) in [7, 11) is 0. The fourth-order valence-corrected chi connectivity index (χ4v) is 4.64. The average molecular weight is 416 g/mol. The second-order valence-electron chi connectivity index (χ2n) is 6.59. The molecule has 9 nitrogen and oxygen atoms in total. The van der Waals surface area contributed by atoms with Crippen molar-refractivity contribution in [3.05, 3.63) is 52.0 Å². The van der Waals surface area contributed by atoms with Gasteiger partial charge < -0.3 is 19.6 Å². The van der Waals surface area contributed by atoms with E-state index in [2.05, 4.69) is 5.32 Å². The molecule has 150 valence electrons. The fraction of sp³-hybridized carbons (Fsp3) is 0.263. The van der Waals surface area contributed by atoms with E-state index < -0.39 is 28.9 Å². The van der Waals surface area contributed by atoms with E-state index in [1.807, 2.05) is 0 Å². The molecule has 2 N–H and O–H groups in total. The molecule has 0 radical (unpaired) electrons. The number of β-lactam (4-membered cyclic amide) rings is 1. The lowest BCUT2D eigenvalue weighted by molar-refractivity contribution is -0.150. The second kappa shape index (κ2) is 7.28. The van der Waals surface area contributed by atoms with Crippen LogP contribution in [-0.4, -0.2) is 51.6 Å². The second-order valence-corrected chi connectivity index (χ2v) is 7.69. The summed E-state index contributed by atoms with van der Waals surface area (Å²) < 4.78 is 10.8. The number of hydrogen-bond donors (Lipinski definition) is 2. The summed E-state index contributed by atoms with van der Waals surface area (Å²) in [6, 6.07) is 7.19. The molecule has 2 unspecified atom stereocenters. The van der Waals surface area contributed by atoms with E-state index in [1.165, 1.54) is 29.7 Å². The maximum Gasteiger partial charge on any atom is 0.352 e. The maximum absolute atomic E-state index is 12.4. The lowest BCUT2D eigenvalue weighted by Gasteiger charge is -2.49. The van der Waals surface area contributed by atoms with Gasteiger partial charge in [-0.15, -0.1) is 11.8 Å². The first kappa shape index (κ1) is 19.1. The third kappa shape index (κ3) is 3.46. The first-order valence-electron chi connectivity index (χ1n) is 8.69. The van der Waals surface area contributed by atoms with E-state index in [9.17, 15) is 24.3 Å². The molecule has 0 bridgehead atoms. The summed E-state index contributed by atoms with van der Waals surface area (Å²) in [6.45, 7) is 1.26. The smallest absolute Gasteiger partial charge is 0.352 e. The first-order valence-corrected chi connectivity index (χ1v) is 9.74. The summed E-state index contributed by atoms with van der Waals surface area (Å²) >= 11 is 1.37. The van der Waals surface area contributed by atoms with Gasteiger partial charge in [0.25, 0.3) is 5.91 Å². The lowest BCUT2D eigenvalue weighted by Crippen LogP contribution is -2.70. The zero-order chi connectivity index (χ0) is 20.7. The molecule has 1 saturated heterocycles. The number of rotatable bonds is 5. The summed E-state index contributed by atoms with van der Waals surface area (Å²) in [6.07, 6.45) is 0. The predicted molar refractivity (Wildman–Crippen MR) is 103 cm³/mol. The van der Waals surface area contributed by atoms with Crippen LogP contribution in [0.25, 0.3) is 11.0 Å².